The fraction of sp³-hybridized carbons (Fsp3) is 0.750. The van der Waals surface area contributed by atoms with Crippen LogP contribution in [0.4, 0.5) is 0 Å². The summed E-state index contributed by atoms with van der Waals surface area (Å²) in [5.74, 6) is 0.504. The number of carboxylic acid groups (broad SMARTS) is 1. The van der Waals surface area contributed by atoms with Crippen LogP contribution in [0.25, 0.3) is 0 Å². The van der Waals surface area contributed by atoms with Crippen molar-refractivity contribution in [2.75, 3.05) is 0 Å². The van der Waals surface area contributed by atoms with E-state index in [1.807, 2.05) is 0 Å². The molecule has 55 valence electrons. The van der Waals surface area contributed by atoms with Crippen molar-refractivity contribution in [1.29, 1.82) is 0 Å². The molecule has 2 fully saturated rings. The number of rotatable bonds is 1. The Morgan fingerprint density at radius 3 is 2.60 bits per heavy atom. The van der Waals surface area contributed by atoms with E-state index in [2.05, 4.69) is 6.42 Å². The molecule has 3 unspecified atom stereocenters. The topological polar surface area (TPSA) is 37.3 Å². The fourth-order valence-electron chi connectivity index (χ4n) is 2.29. The summed E-state index contributed by atoms with van der Waals surface area (Å²) in [5.41, 5.74) is 0. The summed E-state index contributed by atoms with van der Waals surface area (Å²) in [5, 5.41) is 8.72. The first-order valence-electron chi connectivity index (χ1n) is 3.83. The Morgan fingerprint density at radius 2 is 2.30 bits per heavy atom. The highest BCUT2D eigenvalue weighted by molar-refractivity contribution is 5.71. The molecule has 1 N–H and O–H groups in total. The van der Waals surface area contributed by atoms with E-state index in [4.69, 9.17) is 5.11 Å². The predicted octanol–water partition coefficient (Wildman–Crippen LogP) is 1.32. The van der Waals surface area contributed by atoms with Crippen molar-refractivity contribution >= 4 is 5.97 Å². The SMILES string of the molecule is O=C(O)C1CC2[CH]CC1C2. The van der Waals surface area contributed by atoms with Crippen LogP contribution in [0.5, 0.6) is 0 Å². The van der Waals surface area contributed by atoms with Gasteiger partial charge in [0.15, 0.2) is 0 Å². The lowest BCUT2D eigenvalue weighted by Crippen LogP contribution is -2.20. The van der Waals surface area contributed by atoms with Gasteiger partial charge in [-0.3, -0.25) is 4.79 Å². The second-order valence-corrected chi connectivity index (χ2v) is 3.41. The molecule has 2 heteroatoms. The van der Waals surface area contributed by atoms with Crippen LogP contribution < -0.4 is 0 Å². The Labute approximate surface area is 60.2 Å². The largest absolute Gasteiger partial charge is 0.481 e. The smallest absolute Gasteiger partial charge is 0.306 e. The summed E-state index contributed by atoms with van der Waals surface area (Å²) in [6, 6.07) is 0. The van der Waals surface area contributed by atoms with Gasteiger partial charge in [0.25, 0.3) is 0 Å². The monoisotopic (exact) mass is 139 g/mol. The van der Waals surface area contributed by atoms with Gasteiger partial charge in [0.05, 0.1) is 5.92 Å². The molecule has 0 spiro atoms. The predicted molar refractivity (Wildman–Crippen MR) is 36.3 cm³/mol. The molecule has 0 heterocycles. The van der Waals surface area contributed by atoms with Crippen LogP contribution in [0, 0.1) is 24.2 Å². The van der Waals surface area contributed by atoms with E-state index in [0.717, 1.165) is 19.3 Å². The maximum Gasteiger partial charge on any atom is 0.306 e. The van der Waals surface area contributed by atoms with Crippen LogP contribution in [0.1, 0.15) is 19.3 Å². The van der Waals surface area contributed by atoms with Crippen LogP contribution in [0.3, 0.4) is 0 Å². The van der Waals surface area contributed by atoms with E-state index in [-0.39, 0.29) is 5.92 Å². The lowest BCUT2D eigenvalue weighted by atomic mass is 9.89. The molecule has 0 aromatic carbocycles. The minimum absolute atomic E-state index is 0.0185. The van der Waals surface area contributed by atoms with Crippen molar-refractivity contribution < 1.29 is 9.90 Å². The number of fused-ring (bicyclic) bond motifs is 2. The van der Waals surface area contributed by atoms with Crippen molar-refractivity contribution in [2.45, 2.75) is 19.3 Å². The van der Waals surface area contributed by atoms with Crippen LogP contribution in [-0.2, 0) is 4.79 Å². The van der Waals surface area contributed by atoms with E-state index < -0.39 is 5.97 Å². The Morgan fingerprint density at radius 1 is 1.50 bits per heavy atom. The minimum atomic E-state index is -0.583. The highest BCUT2D eigenvalue weighted by Gasteiger charge is 2.43. The van der Waals surface area contributed by atoms with Gasteiger partial charge >= 0.3 is 5.97 Å². The van der Waals surface area contributed by atoms with Crippen LogP contribution in [0.15, 0.2) is 0 Å². The number of aliphatic carboxylic acids is 1. The molecule has 0 aliphatic heterocycles. The number of hydrogen-bond acceptors (Lipinski definition) is 1. The van der Waals surface area contributed by atoms with Crippen molar-refractivity contribution in [3.05, 3.63) is 6.42 Å². The summed E-state index contributed by atoms with van der Waals surface area (Å²) >= 11 is 0. The molecule has 2 rings (SSSR count). The maximum absolute atomic E-state index is 10.6. The Hall–Kier alpha value is -0.530. The van der Waals surface area contributed by atoms with E-state index >= 15 is 0 Å². The quantitative estimate of drug-likeness (QED) is 0.595. The number of carbonyl (C=O) groups is 1. The van der Waals surface area contributed by atoms with Gasteiger partial charge in [0.2, 0.25) is 0 Å². The number of carboxylic acids is 1. The van der Waals surface area contributed by atoms with Gasteiger partial charge in [-0.25, -0.2) is 0 Å². The molecule has 1 radical (unpaired) electrons. The highest BCUT2D eigenvalue weighted by atomic mass is 16.4. The lowest BCUT2D eigenvalue weighted by Gasteiger charge is -2.15. The van der Waals surface area contributed by atoms with Gasteiger partial charge in [-0.15, -0.1) is 0 Å². The summed E-state index contributed by atoms with van der Waals surface area (Å²) < 4.78 is 0. The molecule has 2 aliphatic carbocycles. The summed E-state index contributed by atoms with van der Waals surface area (Å²) in [6.45, 7) is 0. The molecule has 0 aromatic rings. The molecule has 0 amide bonds. The van der Waals surface area contributed by atoms with Gasteiger partial charge in [-0.2, -0.15) is 0 Å². The second-order valence-electron chi connectivity index (χ2n) is 3.41. The number of hydrogen-bond donors (Lipinski definition) is 1. The van der Waals surface area contributed by atoms with Crippen molar-refractivity contribution in [3.8, 4) is 0 Å². The first kappa shape index (κ1) is 6.20. The molecule has 10 heavy (non-hydrogen) atoms. The molecule has 2 aliphatic rings. The molecule has 2 bridgehead atoms. The standard InChI is InChI=1S/C8H11O2/c9-8(10)7-4-5-1-2-6(7)3-5/h1,5-7H,2-4H2,(H,9,10). The third-order valence-electron chi connectivity index (χ3n) is 2.82. The van der Waals surface area contributed by atoms with E-state index in [1.165, 1.54) is 0 Å². The molecule has 3 atom stereocenters. The summed E-state index contributed by atoms with van der Waals surface area (Å²) in [7, 11) is 0. The van der Waals surface area contributed by atoms with Gasteiger partial charge in [0, 0.05) is 0 Å². The van der Waals surface area contributed by atoms with E-state index in [1.54, 1.807) is 0 Å². The van der Waals surface area contributed by atoms with Crippen LogP contribution >= 0.6 is 0 Å². The van der Waals surface area contributed by atoms with Crippen molar-refractivity contribution in [3.63, 3.8) is 0 Å². The fourth-order valence-corrected chi connectivity index (χ4v) is 2.29. The maximum atomic E-state index is 10.6. The average molecular weight is 139 g/mol. The molecule has 0 saturated heterocycles. The molecule has 0 aromatic heterocycles. The Bertz CT molecular complexity index is 165. The van der Waals surface area contributed by atoms with E-state index in [0.29, 0.717) is 11.8 Å². The Kier molecular flexibility index (Phi) is 1.22. The van der Waals surface area contributed by atoms with Crippen LogP contribution in [0.2, 0.25) is 0 Å². The molecule has 2 saturated carbocycles. The zero-order valence-corrected chi connectivity index (χ0v) is 5.79. The van der Waals surface area contributed by atoms with Crippen molar-refractivity contribution in [2.24, 2.45) is 17.8 Å². The molecular weight excluding hydrogens is 128 g/mol. The van der Waals surface area contributed by atoms with Gasteiger partial charge in [-0.1, -0.05) is 0 Å². The van der Waals surface area contributed by atoms with Crippen LogP contribution in [-0.4, -0.2) is 11.1 Å². The third kappa shape index (κ3) is 0.746. The van der Waals surface area contributed by atoms with E-state index in [9.17, 15) is 4.79 Å². The minimum Gasteiger partial charge on any atom is -0.481 e. The normalized spacial score (nSPS) is 44.2. The third-order valence-corrected chi connectivity index (χ3v) is 2.82. The van der Waals surface area contributed by atoms with Gasteiger partial charge < -0.3 is 5.11 Å². The Balaban J connectivity index is 2.08. The van der Waals surface area contributed by atoms with Gasteiger partial charge in [0.1, 0.15) is 0 Å². The zero-order valence-electron chi connectivity index (χ0n) is 5.79. The highest BCUT2D eigenvalue weighted by Crippen LogP contribution is 2.47. The second kappa shape index (κ2) is 1.97. The first-order valence-corrected chi connectivity index (χ1v) is 3.83. The lowest BCUT2D eigenvalue weighted by molar-refractivity contribution is -0.143. The molecular formula is C8H11O2. The first-order chi connectivity index (χ1) is 4.77. The van der Waals surface area contributed by atoms with Gasteiger partial charge in [-0.05, 0) is 37.5 Å². The zero-order chi connectivity index (χ0) is 7.14. The average Bonchev–Trinajstić information content (AvgIpc) is 2.44. The molecule has 2 nitrogen and oxygen atoms in total. The summed E-state index contributed by atoms with van der Waals surface area (Å²) in [6.07, 6.45) is 5.36. The van der Waals surface area contributed by atoms with Crippen molar-refractivity contribution in [1.82, 2.24) is 0 Å². The summed E-state index contributed by atoms with van der Waals surface area (Å²) in [4.78, 5) is 10.6.